The number of carbonyl (C=O) groups is 1. The number of alkyl halides is 2. The van der Waals surface area contributed by atoms with E-state index >= 15 is 0 Å². The number of halogens is 3. The summed E-state index contributed by atoms with van der Waals surface area (Å²) in [6.07, 6.45) is -0.629. The molecule has 2 atom stereocenters. The first kappa shape index (κ1) is 15.6. The molecule has 2 rings (SSSR count). The molecule has 2 heterocycles. The van der Waals surface area contributed by atoms with E-state index in [0.717, 1.165) is 0 Å². The number of hydrogen-bond acceptors (Lipinski definition) is 4. The summed E-state index contributed by atoms with van der Waals surface area (Å²) in [5.41, 5.74) is 0. The van der Waals surface area contributed by atoms with Gasteiger partial charge in [-0.05, 0) is 0 Å². The molecular formula is C10H17ClF2N2O3. The van der Waals surface area contributed by atoms with Crippen molar-refractivity contribution in [2.24, 2.45) is 0 Å². The van der Waals surface area contributed by atoms with Gasteiger partial charge in [-0.1, -0.05) is 0 Å². The summed E-state index contributed by atoms with van der Waals surface area (Å²) >= 11 is 0. The van der Waals surface area contributed by atoms with E-state index in [-0.39, 0.29) is 18.5 Å². The highest BCUT2D eigenvalue weighted by molar-refractivity contribution is 5.85. The van der Waals surface area contributed by atoms with Crippen LogP contribution in [0.25, 0.3) is 0 Å². The van der Waals surface area contributed by atoms with Crippen molar-refractivity contribution < 1.29 is 23.0 Å². The summed E-state index contributed by atoms with van der Waals surface area (Å²) in [5, 5.41) is 5.09. The third-order valence-electron chi connectivity index (χ3n) is 2.82. The molecule has 18 heavy (non-hydrogen) atoms. The molecule has 2 N–H and O–H groups in total. The molecule has 2 aliphatic rings. The van der Waals surface area contributed by atoms with E-state index in [0.29, 0.717) is 26.4 Å². The maximum Gasteiger partial charge on any atom is 0.262 e. The molecule has 8 heteroatoms. The summed E-state index contributed by atoms with van der Waals surface area (Å²) in [6.45, 7) is 1.34. The Morgan fingerprint density at radius 3 is 2.78 bits per heavy atom. The Kier molecular flexibility index (Phi) is 5.71. The van der Waals surface area contributed by atoms with E-state index < -0.39 is 30.8 Å². The Bertz CT molecular complexity index is 288. The number of hydrogen-bond donors (Lipinski definition) is 2. The average molecular weight is 287 g/mol. The summed E-state index contributed by atoms with van der Waals surface area (Å²) in [5.74, 6) is -3.19. The molecule has 2 fully saturated rings. The van der Waals surface area contributed by atoms with E-state index in [9.17, 15) is 13.6 Å². The van der Waals surface area contributed by atoms with Gasteiger partial charge in [0.15, 0.2) is 0 Å². The van der Waals surface area contributed by atoms with Crippen molar-refractivity contribution in [1.29, 1.82) is 0 Å². The highest BCUT2D eigenvalue weighted by Gasteiger charge is 2.42. The van der Waals surface area contributed by atoms with Crippen molar-refractivity contribution in [2.75, 3.05) is 32.9 Å². The molecule has 0 saturated carbocycles. The summed E-state index contributed by atoms with van der Waals surface area (Å²) in [7, 11) is 0. The lowest BCUT2D eigenvalue weighted by molar-refractivity contribution is -0.126. The minimum absolute atomic E-state index is 0. The van der Waals surface area contributed by atoms with Crippen molar-refractivity contribution in [3.8, 4) is 0 Å². The van der Waals surface area contributed by atoms with Crippen LogP contribution in [0.1, 0.15) is 6.42 Å². The predicted molar refractivity (Wildman–Crippen MR) is 62.2 cm³/mol. The highest BCUT2D eigenvalue weighted by atomic mass is 35.5. The molecular weight excluding hydrogens is 270 g/mol. The zero-order valence-electron chi connectivity index (χ0n) is 9.79. The van der Waals surface area contributed by atoms with Gasteiger partial charge in [0.2, 0.25) is 5.91 Å². The van der Waals surface area contributed by atoms with Crippen molar-refractivity contribution in [1.82, 2.24) is 10.6 Å². The zero-order chi connectivity index (χ0) is 12.3. The van der Waals surface area contributed by atoms with Crippen LogP contribution in [0.4, 0.5) is 8.78 Å². The largest absolute Gasteiger partial charge is 0.376 e. The van der Waals surface area contributed by atoms with Gasteiger partial charge < -0.3 is 14.8 Å². The van der Waals surface area contributed by atoms with E-state index in [2.05, 4.69) is 10.6 Å². The molecule has 0 spiro atoms. The Morgan fingerprint density at radius 1 is 1.44 bits per heavy atom. The monoisotopic (exact) mass is 286 g/mol. The Balaban J connectivity index is 0.00000162. The summed E-state index contributed by atoms with van der Waals surface area (Å²) in [6, 6.07) is -0.811. The minimum Gasteiger partial charge on any atom is -0.376 e. The van der Waals surface area contributed by atoms with Crippen LogP contribution in [0.2, 0.25) is 0 Å². The second-order valence-electron chi connectivity index (χ2n) is 4.31. The number of carbonyl (C=O) groups excluding carboxylic acids is 1. The van der Waals surface area contributed by atoms with Crippen LogP contribution >= 0.6 is 12.4 Å². The molecule has 2 aliphatic heterocycles. The van der Waals surface area contributed by atoms with Crippen LogP contribution < -0.4 is 10.6 Å². The predicted octanol–water partition coefficient (Wildman–Crippen LogP) is -0.0630. The van der Waals surface area contributed by atoms with E-state index in [1.165, 1.54) is 0 Å². The van der Waals surface area contributed by atoms with Crippen molar-refractivity contribution in [3.63, 3.8) is 0 Å². The highest BCUT2D eigenvalue weighted by Crippen LogP contribution is 2.24. The van der Waals surface area contributed by atoms with Gasteiger partial charge in [-0.2, -0.15) is 0 Å². The van der Waals surface area contributed by atoms with Gasteiger partial charge in [-0.3, -0.25) is 10.1 Å². The molecule has 2 unspecified atom stereocenters. The fraction of sp³-hybridized carbons (Fsp3) is 0.900. The van der Waals surface area contributed by atoms with Gasteiger partial charge in [0.25, 0.3) is 5.92 Å². The Hall–Kier alpha value is -0.500. The molecule has 106 valence electrons. The fourth-order valence-electron chi connectivity index (χ4n) is 1.89. The normalized spacial score (nSPS) is 30.6. The SMILES string of the molecule is Cl.O=C(NCC1COCCO1)C1CC(F)(F)CN1. The van der Waals surface area contributed by atoms with Crippen molar-refractivity contribution in [2.45, 2.75) is 24.5 Å². The number of rotatable bonds is 3. The number of amides is 1. The van der Waals surface area contributed by atoms with Gasteiger partial charge in [0, 0.05) is 13.0 Å². The van der Waals surface area contributed by atoms with Gasteiger partial charge in [0.1, 0.15) is 0 Å². The Morgan fingerprint density at radius 2 is 2.22 bits per heavy atom. The topological polar surface area (TPSA) is 59.6 Å². The average Bonchev–Trinajstić information content (AvgIpc) is 2.68. The Labute approximate surface area is 110 Å². The van der Waals surface area contributed by atoms with Gasteiger partial charge in [0.05, 0.1) is 38.5 Å². The lowest BCUT2D eigenvalue weighted by Crippen LogP contribution is -2.45. The van der Waals surface area contributed by atoms with Crippen LogP contribution in [-0.4, -0.2) is 56.9 Å². The molecule has 2 saturated heterocycles. The second-order valence-corrected chi connectivity index (χ2v) is 4.31. The van der Waals surface area contributed by atoms with E-state index in [4.69, 9.17) is 9.47 Å². The quantitative estimate of drug-likeness (QED) is 0.763. The molecule has 0 aromatic heterocycles. The summed E-state index contributed by atoms with van der Waals surface area (Å²) < 4.78 is 36.2. The molecule has 0 aliphatic carbocycles. The van der Waals surface area contributed by atoms with Crippen molar-refractivity contribution >= 4 is 18.3 Å². The first-order valence-electron chi connectivity index (χ1n) is 5.65. The number of ether oxygens (including phenoxy) is 2. The van der Waals surface area contributed by atoms with Crippen molar-refractivity contribution in [3.05, 3.63) is 0 Å². The molecule has 0 radical (unpaired) electrons. The smallest absolute Gasteiger partial charge is 0.262 e. The maximum atomic E-state index is 12.9. The van der Waals surface area contributed by atoms with Gasteiger partial charge >= 0.3 is 0 Å². The lowest BCUT2D eigenvalue weighted by atomic mass is 10.2. The van der Waals surface area contributed by atoms with Gasteiger partial charge in [-0.25, -0.2) is 8.78 Å². The molecule has 0 aromatic rings. The maximum absolute atomic E-state index is 12.9. The first-order chi connectivity index (χ1) is 8.07. The molecule has 1 amide bonds. The van der Waals surface area contributed by atoms with Crippen LogP contribution in [0.3, 0.4) is 0 Å². The first-order valence-corrected chi connectivity index (χ1v) is 5.65. The zero-order valence-corrected chi connectivity index (χ0v) is 10.6. The standard InChI is InChI=1S/C10H16F2N2O3.ClH/c11-10(12)3-8(14-6-10)9(15)13-4-7-5-16-1-2-17-7;/h7-8,14H,1-6H2,(H,13,15);1H. The fourth-order valence-corrected chi connectivity index (χ4v) is 1.89. The number of nitrogens with one attached hydrogen (secondary N) is 2. The van der Waals surface area contributed by atoms with Crippen LogP contribution in [0, 0.1) is 0 Å². The molecule has 0 bridgehead atoms. The van der Waals surface area contributed by atoms with Gasteiger partial charge in [-0.15, -0.1) is 12.4 Å². The van der Waals surface area contributed by atoms with Crippen LogP contribution in [-0.2, 0) is 14.3 Å². The van der Waals surface area contributed by atoms with Crippen LogP contribution in [0.15, 0.2) is 0 Å². The summed E-state index contributed by atoms with van der Waals surface area (Å²) in [4.78, 5) is 11.6. The lowest BCUT2D eigenvalue weighted by Gasteiger charge is -2.23. The van der Waals surface area contributed by atoms with E-state index in [1.807, 2.05) is 0 Å². The third kappa shape index (κ3) is 4.31. The van der Waals surface area contributed by atoms with Crippen LogP contribution in [0.5, 0.6) is 0 Å². The molecule has 0 aromatic carbocycles. The third-order valence-corrected chi connectivity index (χ3v) is 2.82. The minimum atomic E-state index is -2.79. The second kappa shape index (κ2) is 6.60. The van der Waals surface area contributed by atoms with E-state index in [1.54, 1.807) is 0 Å². The molecule has 5 nitrogen and oxygen atoms in total.